The van der Waals surface area contributed by atoms with Crippen molar-refractivity contribution in [3.63, 3.8) is 0 Å². The van der Waals surface area contributed by atoms with Gasteiger partial charge >= 0.3 is 6.03 Å². The monoisotopic (exact) mass is 290 g/mol. The van der Waals surface area contributed by atoms with E-state index in [1.807, 2.05) is 18.2 Å². The summed E-state index contributed by atoms with van der Waals surface area (Å²) in [6.45, 7) is 0.764. The third-order valence-electron chi connectivity index (χ3n) is 4.21. The minimum atomic E-state index is -0.429. The average Bonchev–Trinajstić information content (AvgIpc) is 2.49. The molecule has 0 aromatic heterocycles. The summed E-state index contributed by atoms with van der Waals surface area (Å²) in [6, 6.07) is 5.32. The Morgan fingerprint density at radius 1 is 1.24 bits per heavy atom. The number of nitrogens with one attached hydrogen (secondary N) is 2. The number of anilines is 1. The van der Waals surface area contributed by atoms with Crippen molar-refractivity contribution in [3.05, 3.63) is 23.8 Å². The number of hydrogen-bond donors (Lipinski definition) is 3. The number of carbonyl (C=O) groups is 1. The second-order valence-corrected chi connectivity index (χ2v) is 5.83. The number of carbonyl (C=O) groups excluding carboxylic acids is 1. The number of urea groups is 1. The van der Waals surface area contributed by atoms with Crippen molar-refractivity contribution in [3.8, 4) is 5.75 Å². The minimum absolute atomic E-state index is 0.139. The first-order valence-corrected chi connectivity index (χ1v) is 7.74. The lowest BCUT2D eigenvalue weighted by molar-refractivity contribution is 0.0955. The van der Waals surface area contributed by atoms with Crippen LogP contribution in [0.3, 0.4) is 0 Å². The summed E-state index contributed by atoms with van der Waals surface area (Å²) in [4.78, 5) is 12.0. The Morgan fingerprint density at radius 3 is 2.95 bits per heavy atom. The summed E-state index contributed by atoms with van der Waals surface area (Å²) in [7, 11) is 0. The predicted molar refractivity (Wildman–Crippen MR) is 80.7 cm³/mol. The van der Waals surface area contributed by atoms with E-state index < -0.39 is 6.10 Å². The number of amides is 2. The van der Waals surface area contributed by atoms with Gasteiger partial charge in [-0.2, -0.15) is 0 Å². The maximum atomic E-state index is 12.0. The van der Waals surface area contributed by atoms with Crippen LogP contribution in [-0.4, -0.2) is 29.9 Å². The van der Waals surface area contributed by atoms with E-state index in [1.165, 1.54) is 0 Å². The van der Waals surface area contributed by atoms with Crippen LogP contribution in [0.2, 0.25) is 0 Å². The molecule has 2 atom stereocenters. The first-order valence-electron chi connectivity index (χ1n) is 7.74. The minimum Gasteiger partial charge on any atom is -0.493 e. The van der Waals surface area contributed by atoms with Gasteiger partial charge in [0, 0.05) is 5.69 Å². The van der Waals surface area contributed by atoms with Crippen LogP contribution in [0.15, 0.2) is 18.2 Å². The summed E-state index contributed by atoms with van der Waals surface area (Å²) >= 11 is 0. The van der Waals surface area contributed by atoms with Crippen LogP contribution in [0.5, 0.6) is 5.75 Å². The number of aliphatic hydroxyl groups excluding tert-OH is 1. The highest BCUT2D eigenvalue weighted by Crippen LogP contribution is 2.27. The normalized spacial score (nSPS) is 24.6. The van der Waals surface area contributed by atoms with Gasteiger partial charge in [0.2, 0.25) is 0 Å². The van der Waals surface area contributed by atoms with Crippen LogP contribution in [-0.2, 0) is 6.42 Å². The van der Waals surface area contributed by atoms with E-state index >= 15 is 0 Å². The number of hydrogen-bond acceptors (Lipinski definition) is 3. The molecule has 0 radical (unpaired) electrons. The van der Waals surface area contributed by atoms with Gasteiger partial charge in [-0.25, -0.2) is 4.79 Å². The molecule has 114 valence electrons. The fourth-order valence-corrected chi connectivity index (χ4v) is 3.05. The number of benzene rings is 1. The number of aliphatic hydroxyl groups is 1. The molecule has 1 saturated carbocycles. The summed E-state index contributed by atoms with van der Waals surface area (Å²) < 4.78 is 5.56. The number of ether oxygens (including phenoxy) is 1. The predicted octanol–water partition coefficient (Wildman–Crippen LogP) is 2.44. The molecule has 0 unspecified atom stereocenters. The van der Waals surface area contributed by atoms with Gasteiger partial charge in [0.25, 0.3) is 0 Å². The summed E-state index contributed by atoms with van der Waals surface area (Å²) in [6.07, 6.45) is 5.25. The SMILES string of the molecule is O=C(Nc1ccc2c(c1)CCCO2)N[C@@H]1CCCC[C@@H]1O. The molecule has 1 aliphatic heterocycles. The second-order valence-electron chi connectivity index (χ2n) is 5.83. The maximum Gasteiger partial charge on any atom is 0.319 e. The molecule has 5 nitrogen and oxygen atoms in total. The van der Waals surface area contributed by atoms with Crippen molar-refractivity contribution < 1.29 is 14.6 Å². The van der Waals surface area contributed by atoms with Gasteiger partial charge in [-0.05, 0) is 49.4 Å². The van der Waals surface area contributed by atoms with E-state index in [-0.39, 0.29) is 12.1 Å². The van der Waals surface area contributed by atoms with Gasteiger partial charge < -0.3 is 20.5 Å². The van der Waals surface area contributed by atoms with Crippen LogP contribution >= 0.6 is 0 Å². The van der Waals surface area contributed by atoms with Gasteiger partial charge in [-0.1, -0.05) is 12.8 Å². The lowest BCUT2D eigenvalue weighted by Gasteiger charge is -2.28. The maximum absolute atomic E-state index is 12.0. The standard InChI is InChI=1S/C16H22N2O3/c19-14-6-2-1-5-13(14)18-16(20)17-12-7-8-15-11(10-12)4-3-9-21-15/h7-8,10,13-14,19H,1-6,9H2,(H2,17,18,20)/t13-,14+/m1/s1. The third kappa shape index (κ3) is 3.47. The molecule has 1 aromatic rings. The number of rotatable bonds is 2. The quantitative estimate of drug-likeness (QED) is 0.783. The molecule has 3 rings (SSSR count). The third-order valence-corrected chi connectivity index (χ3v) is 4.21. The van der Waals surface area contributed by atoms with Crippen molar-refractivity contribution in [2.75, 3.05) is 11.9 Å². The lowest BCUT2D eigenvalue weighted by Crippen LogP contribution is -2.46. The average molecular weight is 290 g/mol. The van der Waals surface area contributed by atoms with Crippen LogP contribution in [0.25, 0.3) is 0 Å². The second kappa shape index (κ2) is 6.35. The highest BCUT2D eigenvalue weighted by molar-refractivity contribution is 5.89. The highest BCUT2D eigenvalue weighted by atomic mass is 16.5. The van der Waals surface area contributed by atoms with Crippen LogP contribution in [0.4, 0.5) is 10.5 Å². The van der Waals surface area contributed by atoms with Gasteiger partial charge in [-0.3, -0.25) is 0 Å². The molecular weight excluding hydrogens is 268 g/mol. The molecule has 1 aromatic carbocycles. The van der Waals surface area contributed by atoms with Crippen molar-refractivity contribution in [2.24, 2.45) is 0 Å². The van der Waals surface area contributed by atoms with Crippen molar-refractivity contribution in [1.29, 1.82) is 0 Å². The molecule has 0 saturated heterocycles. The van der Waals surface area contributed by atoms with Gasteiger partial charge in [0.05, 0.1) is 18.8 Å². The molecular formula is C16H22N2O3. The Balaban J connectivity index is 1.59. The molecule has 1 fully saturated rings. The smallest absolute Gasteiger partial charge is 0.319 e. The molecule has 1 heterocycles. The Hall–Kier alpha value is -1.75. The molecule has 5 heteroatoms. The Morgan fingerprint density at radius 2 is 2.10 bits per heavy atom. The Kier molecular flexibility index (Phi) is 4.29. The Bertz CT molecular complexity index is 518. The van der Waals surface area contributed by atoms with Gasteiger partial charge in [0.1, 0.15) is 5.75 Å². The molecule has 1 aliphatic carbocycles. The number of fused-ring (bicyclic) bond motifs is 1. The molecule has 0 bridgehead atoms. The molecule has 2 amide bonds. The summed E-state index contributed by atoms with van der Waals surface area (Å²) in [5.74, 6) is 0.912. The highest BCUT2D eigenvalue weighted by Gasteiger charge is 2.24. The van der Waals surface area contributed by atoms with Crippen LogP contribution < -0.4 is 15.4 Å². The van der Waals surface area contributed by atoms with Crippen molar-refractivity contribution in [1.82, 2.24) is 5.32 Å². The topological polar surface area (TPSA) is 70.6 Å². The van der Waals surface area contributed by atoms with Gasteiger partial charge in [0.15, 0.2) is 0 Å². The van der Waals surface area contributed by atoms with E-state index in [0.717, 1.165) is 62.1 Å². The van der Waals surface area contributed by atoms with E-state index in [0.29, 0.717) is 0 Å². The molecule has 0 spiro atoms. The van der Waals surface area contributed by atoms with E-state index in [2.05, 4.69) is 10.6 Å². The van der Waals surface area contributed by atoms with E-state index in [9.17, 15) is 9.90 Å². The van der Waals surface area contributed by atoms with Crippen LogP contribution in [0.1, 0.15) is 37.7 Å². The zero-order chi connectivity index (χ0) is 14.7. The summed E-state index contributed by atoms with van der Waals surface area (Å²) in [5, 5.41) is 15.6. The largest absolute Gasteiger partial charge is 0.493 e. The zero-order valence-corrected chi connectivity index (χ0v) is 12.1. The van der Waals surface area contributed by atoms with E-state index in [1.54, 1.807) is 0 Å². The fraction of sp³-hybridized carbons (Fsp3) is 0.562. The molecule has 2 aliphatic rings. The lowest BCUT2D eigenvalue weighted by atomic mass is 9.93. The fourth-order valence-electron chi connectivity index (χ4n) is 3.05. The first-order chi connectivity index (χ1) is 10.2. The van der Waals surface area contributed by atoms with Crippen LogP contribution in [0, 0.1) is 0 Å². The zero-order valence-electron chi connectivity index (χ0n) is 12.1. The first kappa shape index (κ1) is 14.2. The Labute approximate surface area is 124 Å². The summed E-state index contributed by atoms with van der Waals surface area (Å²) in [5.41, 5.74) is 1.90. The number of aryl methyl sites for hydroxylation is 1. The van der Waals surface area contributed by atoms with Crippen molar-refractivity contribution in [2.45, 2.75) is 50.7 Å². The molecule has 21 heavy (non-hydrogen) atoms. The van der Waals surface area contributed by atoms with Crippen molar-refractivity contribution >= 4 is 11.7 Å². The van der Waals surface area contributed by atoms with E-state index in [4.69, 9.17) is 4.74 Å². The van der Waals surface area contributed by atoms with Gasteiger partial charge in [-0.15, -0.1) is 0 Å². The molecule has 3 N–H and O–H groups in total.